The minimum Gasteiger partial charge on any atom is -0.504 e. The molecule has 5 heteroatoms. The third-order valence-electron chi connectivity index (χ3n) is 3.13. The van der Waals surface area contributed by atoms with E-state index in [1.54, 1.807) is 24.3 Å². The summed E-state index contributed by atoms with van der Waals surface area (Å²) in [7, 11) is 0. The highest BCUT2D eigenvalue weighted by atomic mass is 16.5. The van der Waals surface area contributed by atoms with Crippen LogP contribution in [0.1, 0.15) is 26.3 Å². The number of rotatable bonds is 2. The number of aromatic carboxylic acids is 1. The Morgan fingerprint density at radius 2 is 1.81 bits per heavy atom. The third kappa shape index (κ3) is 2.25. The summed E-state index contributed by atoms with van der Waals surface area (Å²) in [5, 5.41) is 18.5. The Labute approximate surface area is 119 Å². The van der Waals surface area contributed by atoms with Gasteiger partial charge in [-0.25, -0.2) is 4.79 Å². The Kier molecular flexibility index (Phi) is 2.95. The van der Waals surface area contributed by atoms with E-state index in [9.17, 15) is 14.7 Å². The number of allylic oxidation sites excluding steroid dienone is 1. The lowest BCUT2D eigenvalue weighted by atomic mass is 10.1. The molecule has 2 aromatic rings. The van der Waals surface area contributed by atoms with Crippen molar-refractivity contribution < 1.29 is 24.5 Å². The van der Waals surface area contributed by atoms with Crippen molar-refractivity contribution in [2.45, 2.75) is 0 Å². The number of para-hydroxylation sites is 1. The monoisotopic (exact) mass is 282 g/mol. The maximum Gasteiger partial charge on any atom is 0.335 e. The second-order valence-corrected chi connectivity index (χ2v) is 4.52. The van der Waals surface area contributed by atoms with Crippen LogP contribution in [0.15, 0.2) is 48.2 Å². The largest absolute Gasteiger partial charge is 0.504 e. The van der Waals surface area contributed by atoms with Gasteiger partial charge in [0.05, 0.1) is 11.1 Å². The Morgan fingerprint density at radius 3 is 2.43 bits per heavy atom. The van der Waals surface area contributed by atoms with E-state index in [0.717, 1.165) is 0 Å². The highest BCUT2D eigenvalue weighted by molar-refractivity contribution is 6.15. The minimum absolute atomic E-state index is 0.0922. The van der Waals surface area contributed by atoms with Crippen molar-refractivity contribution in [3.63, 3.8) is 0 Å². The molecule has 2 aromatic carbocycles. The van der Waals surface area contributed by atoms with Gasteiger partial charge in [-0.05, 0) is 35.9 Å². The number of Topliss-reactive ketones (excluding diaryl/α,β-unsaturated/α-hetero) is 1. The van der Waals surface area contributed by atoms with Crippen molar-refractivity contribution in [2.24, 2.45) is 0 Å². The Bertz CT molecular complexity index is 772. The summed E-state index contributed by atoms with van der Waals surface area (Å²) < 4.78 is 5.38. The molecular formula is C16H10O5. The van der Waals surface area contributed by atoms with Gasteiger partial charge in [-0.3, -0.25) is 4.79 Å². The predicted molar refractivity (Wildman–Crippen MR) is 74.4 cm³/mol. The molecule has 0 amide bonds. The van der Waals surface area contributed by atoms with Crippen LogP contribution < -0.4 is 4.74 Å². The lowest BCUT2D eigenvalue weighted by Gasteiger charge is -2.00. The normalized spacial score (nSPS) is 14.9. The smallest absolute Gasteiger partial charge is 0.335 e. The average molecular weight is 282 g/mol. The van der Waals surface area contributed by atoms with E-state index in [4.69, 9.17) is 9.84 Å². The minimum atomic E-state index is -1.01. The van der Waals surface area contributed by atoms with Gasteiger partial charge in [-0.2, -0.15) is 0 Å². The fourth-order valence-corrected chi connectivity index (χ4v) is 2.07. The molecule has 1 heterocycles. The molecule has 1 aliphatic rings. The number of benzene rings is 2. The zero-order valence-corrected chi connectivity index (χ0v) is 10.7. The van der Waals surface area contributed by atoms with Crippen LogP contribution >= 0.6 is 0 Å². The van der Waals surface area contributed by atoms with E-state index in [0.29, 0.717) is 11.1 Å². The van der Waals surface area contributed by atoms with Crippen molar-refractivity contribution >= 4 is 17.8 Å². The van der Waals surface area contributed by atoms with E-state index in [1.807, 2.05) is 0 Å². The second-order valence-electron chi connectivity index (χ2n) is 4.52. The molecule has 0 aromatic heterocycles. The van der Waals surface area contributed by atoms with Crippen LogP contribution in [0.3, 0.4) is 0 Å². The lowest BCUT2D eigenvalue weighted by Crippen LogP contribution is -1.98. The van der Waals surface area contributed by atoms with Crippen molar-refractivity contribution in [1.82, 2.24) is 0 Å². The number of carbonyl (C=O) groups excluding carboxylic acids is 1. The molecule has 1 aliphatic heterocycles. The number of hydrogen-bond donors (Lipinski definition) is 2. The van der Waals surface area contributed by atoms with Gasteiger partial charge in [0.2, 0.25) is 5.78 Å². The van der Waals surface area contributed by atoms with Gasteiger partial charge < -0.3 is 14.9 Å². The molecule has 0 saturated carbocycles. The summed E-state index contributed by atoms with van der Waals surface area (Å²) >= 11 is 0. The Hall–Kier alpha value is -3.08. The van der Waals surface area contributed by atoms with Gasteiger partial charge in [0.15, 0.2) is 17.3 Å². The molecule has 0 radical (unpaired) electrons. The van der Waals surface area contributed by atoms with E-state index >= 15 is 0 Å². The molecule has 0 spiro atoms. The molecule has 0 unspecified atom stereocenters. The lowest BCUT2D eigenvalue weighted by molar-refractivity contribution is 0.0696. The highest BCUT2D eigenvalue weighted by Gasteiger charge is 2.29. The van der Waals surface area contributed by atoms with Crippen LogP contribution in [0.25, 0.3) is 6.08 Å². The third-order valence-corrected chi connectivity index (χ3v) is 3.13. The maximum atomic E-state index is 12.1. The molecule has 0 aliphatic carbocycles. The number of carboxylic acids is 1. The number of phenolic OH excluding ortho intramolecular Hbond substituents is 1. The van der Waals surface area contributed by atoms with Crippen molar-refractivity contribution in [1.29, 1.82) is 0 Å². The molecule has 0 fully saturated rings. The number of ether oxygens (including phenoxy) is 1. The summed E-state index contributed by atoms with van der Waals surface area (Å²) in [4.78, 5) is 22.9. The number of aromatic hydroxyl groups is 1. The molecule has 21 heavy (non-hydrogen) atoms. The average Bonchev–Trinajstić information content (AvgIpc) is 2.78. The van der Waals surface area contributed by atoms with Gasteiger partial charge in [-0.1, -0.05) is 18.2 Å². The summed E-state index contributed by atoms with van der Waals surface area (Å²) in [5.41, 5.74) is 1.11. The van der Waals surface area contributed by atoms with Crippen LogP contribution in [-0.2, 0) is 0 Å². The number of phenols is 1. The fraction of sp³-hybridized carbons (Fsp3) is 0. The van der Waals surface area contributed by atoms with Gasteiger partial charge in [-0.15, -0.1) is 0 Å². The van der Waals surface area contributed by atoms with Crippen LogP contribution in [0.4, 0.5) is 0 Å². The topological polar surface area (TPSA) is 83.8 Å². The first kappa shape index (κ1) is 12.9. The van der Waals surface area contributed by atoms with Crippen LogP contribution in [0, 0.1) is 0 Å². The molecule has 5 nitrogen and oxygen atoms in total. The van der Waals surface area contributed by atoms with Crippen LogP contribution in [-0.4, -0.2) is 22.0 Å². The summed E-state index contributed by atoms with van der Waals surface area (Å²) in [6.45, 7) is 0. The molecule has 104 valence electrons. The summed E-state index contributed by atoms with van der Waals surface area (Å²) in [6, 6.07) is 10.6. The van der Waals surface area contributed by atoms with Crippen LogP contribution in [0.2, 0.25) is 0 Å². The number of carbonyl (C=O) groups is 2. The van der Waals surface area contributed by atoms with Gasteiger partial charge in [0, 0.05) is 0 Å². The zero-order chi connectivity index (χ0) is 15.0. The summed E-state index contributed by atoms with van der Waals surface area (Å²) in [5.74, 6) is -1.18. The maximum absolute atomic E-state index is 12.1. The second kappa shape index (κ2) is 4.79. The number of carboxylic acid groups (broad SMARTS) is 1. The molecule has 0 bridgehead atoms. The SMILES string of the molecule is O=C(O)c1ccc(/C=C2\Oc3c(O)cccc3C2=O)cc1. The standard InChI is InChI=1S/C16H10O5/c17-12-3-1-2-11-14(18)13(21-15(11)12)8-9-4-6-10(7-5-9)16(19)20/h1-8,17H,(H,19,20)/b13-8-. The van der Waals surface area contributed by atoms with E-state index < -0.39 is 5.97 Å². The van der Waals surface area contributed by atoms with Crippen molar-refractivity contribution in [3.05, 3.63) is 64.9 Å². The van der Waals surface area contributed by atoms with Crippen molar-refractivity contribution in [3.8, 4) is 11.5 Å². The first-order valence-electron chi connectivity index (χ1n) is 6.16. The van der Waals surface area contributed by atoms with Crippen molar-refractivity contribution in [2.75, 3.05) is 0 Å². The molecule has 0 saturated heterocycles. The highest BCUT2D eigenvalue weighted by Crippen LogP contribution is 2.38. The molecular weight excluding hydrogens is 272 g/mol. The quantitative estimate of drug-likeness (QED) is 0.827. The zero-order valence-electron chi connectivity index (χ0n) is 10.7. The van der Waals surface area contributed by atoms with E-state index in [2.05, 4.69) is 0 Å². The molecule has 3 rings (SSSR count). The number of hydrogen-bond acceptors (Lipinski definition) is 4. The fourth-order valence-electron chi connectivity index (χ4n) is 2.07. The number of ketones is 1. The van der Waals surface area contributed by atoms with E-state index in [-0.39, 0.29) is 28.6 Å². The predicted octanol–water partition coefficient (Wildman–Crippen LogP) is 2.71. The van der Waals surface area contributed by atoms with Gasteiger partial charge in [0.1, 0.15) is 0 Å². The van der Waals surface area contributed by atoms with Gasteiger partial charge >= 0.3 is 5.97 Å². The molecule has 0 atom stereocenters. The Balaban J connectivity index is 1.94. The van der Waals surface area contributed by atoms with Crippen LogP contribution in [0.5, 0.6) is 11.5 Å². The first-order valence-corrected chi connectivity index (χ1v) is 6.16. The summed E-state index contributed by atoms with van der Waals surface area (Å²) in [6.07, 6.45) is 1.51. The number of fused-ring (bicyclic) bond motifs is 1. The van der Waals surface area contributed by atoms with E-state index in [1.165, 1.54) is 24.3 Å². The first-order chi connectivity index (χ1) is 10.1. The molecule has 2 N–H and O–H groups in total. The Morgan fingerprint density at radius 1 is 1.10 bits per heavy atom. The van der Waals surface area contributed by atoms with Gasteiger partial charge in [0.25, 0.3) is 0 Å².